The van der Waals surface area contributed by atoms with Crippen LogP contribution in [0.5, 0.6) is 11.5 Å². The molecule has 1 aromatic heterocycles. The molecule has 0 spiro atoms. The first kappa shape index (κ1) is 25.2. The van der Waals surface area contributed by atoms with Gasteiger partial charge in [-0.2, -0.15) is 0 Å². The lowest BCUT2D eigenvalue weighted by Gasteiger charge is -2.18. The molecule has 0 saturated heterocycles. The topological polar surface area (TPSA) is 120 Å². The van der Waals surface area contributed by atoms with Gasteiger partial charge in [0.2, 0.25) is 9.47 Å². The minimum atomic E-state index is -4.02. The second kappa shape index (κ2) is 10.7. The van der Waals surface area contributed by atoms with Crippen LogP contribution in [-0.4, -0.2) is 38.7 Å². The highest BCUT2D eigenvalue weighted by atomic mass is 35.5. The summed E-state index contributed by atoms with van der Waals surface area (Å²) in [6.07, 6.45) is 0.464. The van der Waals surface area contributed by atoms with E-state index in [1.165, 1.54) is 32.4 Å². The fraction of sp³-hybridized carbons (Fsp3) is 0.250. The van der Waals surface area contributed by atoms with Crippen molar-refractivity contribution in [2.75, 3.05) is 19.5 Å². The van der Waals surface area contributed by atoms with Crippen LogP contribution < -0.4 is 19.5 Å². The predicted octanol–water partition coefficient (Wildman–Crippen LogP) is 4.54. The SMILES string of the molecule is CC[C@H](NS(=O)(=O)c1nnc(NC(=O)c2ccc(Cl)cc2Cl)s1)c1ccc(OC)c(OC)c1. The standard InChI is InChI=1S/C20H20Cl2N4O5S2/c1-4-15(11-5-8-16(30-2)17(9-11)31-3)26-33(28,29)20-25-24-19(32-20)23-18(27)13-7-6-12(21)10-14(13)22/h5-10,15,26H,4H2,1-3H3,(H,23,24,27)/t15-/m0/s1. The van der Waals surface area contributed by atoms with Gasteiger partial charge >= 0.3 is 0 Å². The molecule has 1 heterocycles. The number of anilines is 1. The Labute approximate surface area is 205 Å². The highest BCUT2D eigenvalue weighted by Gasteiger charge is 2.26. The van der Waals surface area contributed by atoms with Gasteiger partial charge in [-0.25, -0.2) is 13.1 Å². The summed E-state index contributed by atoms with van der Waals surface area (Å²) >= 11 is 12.6. The number of carbonyl (C=O) groups excluding carboxylic acids is 1. The summed E-state index contributed by atoms with van der Waals surface area (Å²) in [5.41, 5.74) is 0.854. The van der Waals surface area contributed by atoms with Crippen LogP contribution in [0.1, 0.15) is 35.3 Å². The quantitative estimate of drug-likeness (QED) is 0.389. The number of ether oxygens (including phenoxy) is 2. The van der Waals surface area contributed by atoms with Gasteiger partial charge in [0.1, 0.15) is 0 Å². The molecule has 0 bridgehead atoms. The molecule has 0 aliphatic carbocycles. The molecule has 0 saturated carbocycles. The summed E-state index contributed by atoms with van der Waals surface area (Å²) in [5, 5.41) is 10.5. The fourth-order valence-corrected chi connectivity index (χ4v) is 5.61. The van der Waals surface area contributed by atoms with Crippen molar-refractivity contribution >= 4 is 55.6 Å². The fourth-order valence-electron chi connectivity index (χ4n) is 2.90. The van der Waals surface area contributed by atoms with Crippen LogP contribution in [0.2, 0.25) is 10.0 Å². The van der Waals surface area contributed by atoms with Gasteiger partial charge in [-0.15, -0.1) is 10.2 Å². The Bertz CT molecular complexity index is 1270. The normalized spacial score (nSPS) is 12.3. The molecule has 176 valence electrons. The molecule has 3 aromatic rings. The molecular weight excluding hydrogens is 511 g/mol. The van der Waals surface area contributed by atoms with Crippen molar-refractivity contribution in [2.45, 2.75) is 23.7 Å². The second-order valence-electron chi connectivity index (χ2n) is 6.65. The maximum atomic E-state index is 12.9. The highest BCUT2D eigenvalue weighted by molar-refractivity contribution is 7.91. The molecule has 9 nitrogen and oxygen atoms in total. The van der Waals surface area contributed by atoms with Crippen molar-refractivity contribution < 1.29 is 22.7 Å². The smallest absolute Gasteiger partial charge is 0.270 e. The zero-order valence-corrected chi connectivity index (χ0v) is 20.9. The van der Waals surface area contributed by atoms with Crippen LogP contribution in [-0.2, 0) is 10.0 Å². The lowest BCUT2D eigenvalue weighted by molar-refractivity contribution is 0.102. The number of benzene rings is 2. The summed E-state index contributed by atoms with van der Waals surface area (Å²) in [5.74, 6) is 0.445. The van der Waals surface area contributed by atoms with Crippen LogP contribution in [0.4, 0.5) is 5.13 Å². The van der Waals surface area contributed by atoms with Gasteiger partial charge in [-0.05, 0) is 42.3 Å². The maximum Gasteiger partial charge on any atom is 0.270 e. The van der Waals surface area contributed by atoms with E-state index in [0.717, 1.165) is 0 Å². The average Bonchev–Trinajstić information content (AvgIpc) is 3.26. The van der Waals surface area contributed by atoms with E-state index in [1.54, 1.807) is 18.2 Å². The van der Waals surface area contributed by atoms with Crippen molar-refractivity contribution in [3.63, 3.8) is 0 Å². The van der Waals surface area contributed by atoms with Crippen molar-refractivity contribution in [1.29, 1.82) is 0 Å². The number of hydrogen-bond donors (Lipinski definition) is 2. The number of nitrogens with one attached hydrogen (secondary N) is 2. The van der Waals surface area contributed by atoms with E-state index >= 15 is 0 Å². The number of hydrogen-bond acceptors (Lipinski definition) is 8. The van der Waals surface area contributed by atoms with Gasteiger partial charge < -0.3 is 9.47 Å². The molecule has 0 fully saturated rings. The first-order valence-corrected chi connectivity index (χ1v) is 12.6. The second-order valence-corrected chi connectivity index (χ2v) is 10.4. The van der Waals surface area contributed by atoms with Gasteiger partial charge in [0.25, 0.3) is 15.9 Å². The summed E-state index contributed by atoms with van der Waals surface area (Å²) in [4.78, 5) is 12.4. The lowest BCUT2D eigenvalue weighted by atomic mass is 10.1. The van der Waals surface area contributed by atoms with E-state index < -0.39 is 22.0 Å². The Hall–Kier alpha value is -2.44. The van der Waals surface area contributed by atoms with E-state index in [0.29, 0.717) is 39.8 Å². The summed E-state index contributed by atoms with van der Waals surface area (Å²) < 4.78 is 38.7. The number of aromatic nitrogens is 2. The summed E-state index contributed by atoms with van der Waals surface area (Å²) in [6.45, 7) is 1.84. The van der Waals surface area contributed by atoms with Crippen LogP contribution in [0.15, 0.2) is 40.7 Å². The number of methoxy groups -OCH3 is 2. The van der Waals surface area contributed by atoms with Crippen molar-refractivity contribution in [1.82, 2.24) is 14.9 Å². The molecule has 0 aliphatic rings. The van der Waals surface area contributed by atoms with E-state index in [-0.39, 0.29) is 20.1 Å². The highest BCUT2D eigenvalue weighted by Crippen LogP contribution is 2.32. The Balaban J connectivity index is 1.77. The zero-order chi connectivity index (χ0) is 24.2. The zero-order valence-electron chi connectivity index (χ0n) is 17.8. The largest absolute Gasteiger partial charge is 0.493 e. The monoisotopic (exact) mass is 530 g/mol. The average molecular weight is 531 g/mol. The molecule has 13 heteroatoms. The number of halogens is 2. The molecule has 0 aliphatic heterocycles. The Morgan fingerprint density at radius 1 is 1.09 bits per heavy atom. The van der Waals surface area contributed by atoms with Gasteiger partial charge in [0.05, 0.1) is 24.8 Å². The van der Waals surface area contributed by atoms with Crippen LogP contribution in [0.3, 0.4) is 0 Å². The predicted molar refractivity (Wildman–Crippen MR) is 127 cm³/mol. The molecular formula is C20H20Cl2N4O5S2. The van der Waals surface area contributed by atoms with Crippen molar-refractivity contribution in [3.8, 4) is 11.5 Å². The van der Waals surface area contributed by atoms with Gasteiger partial charge in [0.15, 0.2) is 11.5 Å². The van der Waals surface area contributed by atoms with Gasteiger partial charge in [-0.3, -0.25) is 10.1 Å². The Morgan fingerprint density at radius 3 is 2.45 bits per heavy atom. The van der Waals surface area contributed by atoms with Crippen LogP contribution >= 0.6 is 34.5 Å². The lowest BCUT2D eigenvalue weighted by Crippen LogP contribution is -2.28. The number of carbonyl (C=O) groups is 1. The third kappa shape index (κ3) is 5.92. The van der Waals surface area contributed by atoms with Gasteiger partial charge in [-0.1, -0.05) is 47.5 Å². The summed E-state index contributed by atoms with van der Waals surface area (Å²) in [6, 6.07) is 9.00. The van der Waals surface area contributed by atoms with Crippen molar-refractivity contribution in [2.24, 2.45) is 0 Å². The first-order valence-electron chi connectivity index (χ1n) is 9.52. The molecule has 1 atom stereocenters. The van der Waals surface area contributed by atoms with E-state index in [1.807, 2.05) is 6.92 Å². The molecule has 1 amide bonds. The summed E-state index contributed by atoms with van der Waals surface area (Å²) in [7, 11) is -1.00. The first-order chi connectivity index (χ1) is 15.7. The minimum absolute atomic E-state index is 0.00515. The molecule has 3 rings (SSSR count). The number of sulfonamides is 1. The van der Waals surface area contributed by atoms with E-state index in [4.69, 9.17) is 32.7 Å². The molecule has 0 unspecified atom stereocenters. The van der Waals surface area contributed by atoms with E-state index in [2.05, 4.69) is 20.2 Å². The molecule has 33 heavy (non-hydrogen) atoms. The van der Waals surface area contributed by atoms with E-state index in [9.17, 15) is 13.2 Å². The molecule has 0 radical (unpaired) electrons. The van der Waals surface area contributed by atoms with Crippen LogP contribution in [0, 0.1) is 0 Å². The molecule has 2 N–H and O–H groups in total. The van der Waals surface area contributed by atoms with Crippen molar-refractivity contribution in [3.05, 3.63) is 57.6 Å². The number of rotatable bonds is 9. The maximum absolute atomic E-state index is 12.9. The third-order valence-electron chi connectivity index (χ3n) is 4.55. The molecule has 2 aromatic carbocycles. The Kier molecular flexibility index (Phi) is 8.14. The van der Waals surface area contributed by atoms with Crippen LogP contribution in [0.25, 0.3) is 0 Å². The number of amides is 1. The Morgan fingerprint density at radius 2 is 1.82 bits per heavy atom. The van der Waals surface area contributed by atoms with Gasteiger partial charge in [0, 0.05) is 11.1 Å². The third-order valence-corrected chi connectivity index (χ3v) is 7.77. The minimum Gasteiger partial charge on any atom is -0.493 e. The number of nitrogens with zero attached hydrogens (tertiary/aromatic N) is 2.